The molecule has 2 heterocycles. The summed E-state index contributed by atoms with van der Waals surface area (Å²) in [5.74, 6) is 0.119. The minimum absolute atomic E-state index is 0.0208. The highest BCUT2D eigenvalue weighted by Crippen LogP contribution is 2.26. The van der Waals surface area contributed by atoms with Gasteiger partial charge in [0.25, 0.3) is 5.56 Å². The van der Waals surface area contributed by atoms with Crippen LogP contribution in [0, 0.1) is 0 Å². The van der Waals surface area contributed by atoms with Crippen molar-refractivity contribution in [3.05, 3.63) is 34.6 Å². The molecular formula is C20H28N4O2S. The van der Waals surface area contributed by atoms with Gasteiger partial charge in [-0.2, -0.15) is 0 Å². The van der Waals surface area contributed by atoms with Gasteiger partial charge in [0.1, 0.15) is 0 Å². The number of para-hydroxylation sites is 1. The Bertz CT molecular complexity index is 872. The second kappa shape index (κ2) is 8.44. The summed E-state index contributed by atoms with van der Waals surface area (Å²) in [4.78, 5) is 34.8. The smallest absolute Gasteiger partial charge is 0.262 e. The Labute approximate surface area is 164 Å². The number of carbonyl (C=O) groups excluding carboxylic acids is 1. The van der Waals surface area contributed by atoms with Crippen molar-refractivity contribution < 1.29 is 4.79 Å². The fourth-order valence-corrected chi connectivity index (χ4v) is 4.54. The average Bonchev–Trinajstić information content (AvgIpc) is 2.67. The van der Waals surface area contributed by atoms with Crippen LogP contribution in [-0.4, -0.2) is 63.2 Å². The van der Waals surface area contributed by atoms with Gasteiger partial charge in [0.05, 0.1) is 16.2 Å². The van der Waals surface area contributed by atoms with Gasteiger partial charge in [-0.3, -0.25) is 14.2 Å². The van der Waals surface area contributed by atoms with E-state index in [1.54, 1.807) is 10.6 Å². The normalized spacial score (nSPS) is 16.9. The van der Waals surface area contributed by atoms with Gasteiger partial charge >= 0.3 is 0 Å². The van der Waals surface area contributed by atoms with E-state index in [-0.39, 0.29) is 22.8 Å². The van der Waals surface area contributed by atoms with Crippen LogP contribution in [-0.2, 0) is 4.79 Å². The van der Waals surface area contributed by atoms with E-state index in [4.69, 9.17) is 4.98 Å². The number of piperazine rings is 1. The lowest BCUT2D eigenvalue weighted by atomic mass is 10.2. The fourth-order valence-electron chi connectivity index (χ4n) is 3.41. The van der Waals surface area contributed by atoms with E-state index in [9.17, 15) is 9.59 Å². The van der Waals surface area contributed by atoms with E-state index < -0.39 is 0 Å². The molecule has 1 aliphatic heterocycles. The lowest BCUT2D eigenvalue weighted by Crippen LogP contribution is -2.50. The number of thioether (sulfide) groups is 1. The number of aromatic nitrogens is 2. The fraction of sp³-hybridized carbons (Fsp3) is 0.550. The highest BCUT2D eigenvalue weighted by molar-refractivity contribution is 8.00. The van der Waals surface area contributed by atoms with Crippen LogP contribution in [0.15, 0.2) is 34.2 Å². The number of fused-ring (bicyclic) bond motifs is 1. The highest BCUT2D eigenvalue weighted by Gasteiger charge is 2.27. The van der Waals surface area contributed by atoms with Crippen LogP contribution < -0.4 is 5.56 Å². The molecule has 1 saturated heterocycles. The molecule has 6 nitrogen and oxygen atoms in total. The lowest BCUT2D eigenvalue weighted by Gasteiger charge is -2.35. The predicted molar refractivity (Wildman–Crippen MR) is 110 cm³/mol. The van der Waals surface area contributed by atoms with E-state index in [0.717, 1.165) is 32.7 Å². The van der Waals surface area contributed by atoms with E-state index in [1.807, 2.05) is 43.9 Å². The van der Waals surface area contributed by atoms with Crippen LogP contribution in [0.1, 0.15) is 33.7 Å². The second-order valence-electron chi connectivity index (χ2n) is 7.20. The van der Waals surface area contributed by atoms with Crippen molar-refractivity contribution in [3.8, 4) is 0 Å². The first kappa shape index (κ1) is 19.9. The third-order valence-corrected chi connectivity index (χ3v) is 6.11. The third kappa shape index (κ3) is 4.19. The minimum Gasteiger partial charge on any atom is -0.339 e. The standard InChI is InChI=1S/C20H28N4O2S/c1-5-22-10-12-23(13-11-22)18(25)15(4)27-20-21-17-9-7-6-8-16(17)19(26)24(20)14(2)3/h6-9,14-15H,5,10-13H2,1-4H3. The van der Waals surface area contributed by atoms with Gasteiger partial charge in [-0.25, -0.2) is 4.98 Å². The van der Waals surface area contributed by atoms with Gasteiger partial charge in [-0.1, -0.05) is 30.8 Å². The van der Waals surface area contributed by atoms with Gasteiger partial charge in [0.15, 0.2) is 5.16 Å². The molecule has 0 aliphatic carbocycles. The molecule has 1 aliphatic rings. The Hall–Kier alpha value is -1.86. The molecule has 2 aromatic rings. The number of likely N-dealkylation sites (N-methyl/N-ethyl adjacent to an activating group) is 1. The molecule has 1 aromatic carbocycles. The summed E-state index contributed by atoms with van der Waals surface area (Å²) in [5, 5.41) is 0.947. The summed E-state index contributed by atoms with van der Waals surface area (Å²) in [6.45, 7) is 12.4. The summed E-state index contributed by atoms with van der Waals surface area (Å²) in [6.07, 6.45) is 0. The van der Waals surface area contributed by atoms with E-state index in [1.165, 1.54) is 11.8 Å². The van der Waals surface area contributed by atoms with Gasteiger partial charge in [-0.15, -0.1) is 0 Å². The molecule has 0 radical (unpaired) electrons. The van der Waals surface area contributed by atoms with Crippen LogP contribution in [0.4, 0.5) is 0 Å². The molecule has 0 bridgehead atoms. The Morgan fingerprint density at radius 2 is 1.81 bits per heavy atom. The zero-order chi connectivity index (χ0) is 19.6. The number of rotatable bonds is 5. The Balaban J connectivity index is 1.84. The molecule has 1 fully saturated rings. The molecule has 1 unspecified atom stereocenters. The Morgan fingerprint density at radius 3 is 2.44 bits per heavy atom. The molecule has 1 atom stereocenters. The summed E-state index contributed by atoms with van der Waals surface area (Å²) >= 11 is 1.38. The summed E-state index contributed by atoms with van der Waals surface area (Å²) in [5.41, 5.74) is 0.632. The van der Waals surface area contributed by atoms with Crippen LogP contribution in [0.3, 0.4) is 0 Å². The molecular weight excluding hydrogens is 360 g/mol. The molecule has 0 saturated carbocycles. The van der Waals surface area contributed by atoms with Crippen molar-refractivity contribution in [1.29, 1.82) is 0 Å². The number of benzene rings is 1. The number of carbonyl (C=O) groups is 1. The van der Waals surface area contributed by atoms with Crippen LogP contribution >= 0.6 is 11.8 Å². The van der Waals surface area contributed by atoms with Gasteiger partial charge < -0.3 is 9.80 Å². The molecule has 27 heavy (non-hydrogen) atoms. The largest absolute Gasteiger partial charge is 0.339 e. The van der Waals surface area contributed by atoms with Crippen molar-refractivity contribution in [1.82, 2.24) is 19.4 Å². The predicted octanol–water partition coefficient (Wildman–Crippen LogP) is 2.62. The molecule has 1 amide bonds. The zero-order valence-corrected chi connectivity index (χ0v) is 17.3. The zero-order valence-electron chi connectivity index (χ0n) is 16.5. The van der Waals surface area contributed by atoms with Crippen LogP contribution in [0.25, 0.3) is 10.9 Å². The van der Waals surface area contributed by atoms with E-state index >= 15 is 0 Å². The Kier molecular flexibility index (Phi) is 6.22. The number of hydrogen-bond donors (Lipinski definition) is 0. The van der Waals surface area contributed by atoms with Crippen molar-refractivity contribution in [2.75, 3.05) is 32.7 Å². The van der Waals surface area contributed by atoms with E-state index in [2.05, 4.69) is 11.8 Å². The molecule has 146 valence electrons. The molecule has 0 spiro atoms. The molecule has 7 heteroatoms. The van der Waals surface area contributed by atoms with Crippen LogP contribution in [0.5, 0.6) is 0 Å². The van der Waals surface area contributed by atoms with Gasteiger partial charge in [0.2, 0.25) is 5.91 Å². The number of amides is 1. The molecule has 1 aromatic heterocycles. The van der Waals surface area contributed by atoms with Crippen molar-refractivity contribution in [3.63, 3.8) is 0 Å². The maximum atomic E-state index is 12.9. The minimum atomic E-state index is -0.281. The van der Waals surface area contributed by atoms with Gasteiger partial charge in [-0.05, 0) is 39.4 Å². The average molecular weight is 389 g/mol. The summed E-state index contributed by atoms with van der Waals surface area (Å²) in [6, 6.07) is 7.37. The lowest BCUT2D eigenvalue weighted by molar-refractivity contribution is -0.132. The quantitative estimate of drug-likeness (QED) is 0.582. The van der Waals surface area contributed by atoms with Crippen LogP contribution in [0.2, 0.25) is 0 Å². The van der Waals surface area contributed by atoms with Crippen molar-refractivity contribution in [2.24, 2.45) is 0 Å². The monoisotopic (exact) mass is 388 g/mol. The van der Waals surface area contributed by atoms with Crippen molar-refractivity contribution in [2.45, 2.75) is 44.1 Å². The number of nitrogens with zero attached hydrogens (tertiary/aromatic N) is 4. The molecule has 3 rings (SSSR count). The topological polar surface area (TPSA) is 58.4 Å². The summed E-state index contributed by atoms with van der Waals surface area (Å²) < 4.78 is 1.70. The van der Waals surface area contributed by atoms with Gasteiger partial charge in [0, 0.05) is 32.2 Å². The molecule has 0 N–H and O–H groups in total. The third-order valence-electron chi connectivity index (χ3n) is 5.05. The first-order valence-electron chi connectivity index (χ1n) is 9.61. The maximum Gasteiger partial charge on any atom is 0.262 e. The SMILES string of the molecule is CCN1CCN(C(=O)C(C)Sc2nc3ccccc3c(=O)n2C(C)C)CC1. The second-order valence-corrected chi connectivity index (χ2v) is 8.51. The highest BCUT2D eigenvalue weighted by atomic mass is 32.2. The van der Waals surface area contributed by atoms with E-state index in [0.29, 0.717) is 16.1 Å². The first-order valence-corrected chi connectivity index (χ1v) is 10.5. The first-order chi connectivity index (χ1) is 12.9. The number of hydrogen-bond acceptors (Lipinski definition) is 5. The Morgan fingerprint density at radius 1 is 1.15 bits per heavy atom. The summed E-state index contributed by atoms with van der Waals surface area (Å²) in [7, 11) is 0. The maximum absolute atomic E-state index is 12.9. The van der Waals surface area contributed by atoms with Crippen molar-refractivity contribution >= 4 is 28.6 Å².